The Hall–Kier alpha value is -1.61. The summed E-state index contributed by atoms with van der Waals surface area (Å²) in [6.45, 7) is -0.309. The Morgan fingerprint density at radius 1 is 1.38 bits per heavy atom. The van der Waals surface area contributed by atoms with E-state index in [1.54, 1.807) is 18.2 Å². The predicted molar refractivity (Wildman–Crippen MR) is 90.4 cm³/mol. The molecule has 8 heteroatoms. The Balaban J connectivity index is 1.99. The van der Waals surface area contributed by atoms with E-state index in [0.717, 1.165) is 5.17 Å². The molecule has 0 amide bonds. The van der Waals surface area contributed by atoms with Crippen LogP contribution in [-0.2, 0) is 4.74 Å². The van der Waals surface area contributed by atoms with Crippen molar-refractivity contribution in [2.45, 2.75) is 29.6 Å². The summed E-state index contributed by atoms with van der Waals surface area (Å²) < 4.78 is 5.93. The summed E-state index contributed by atoms with van der Waals surface area (Å²) in [5.74, 6) is -1.73. The predicted octanol–water partition coefficient (Wildman–Crippen LogP) is 0.579. The first kappa shape index (κ1) is 17.2. The number of aliphatic hydroxyl groups excluding tert-OH is 2. The van der Waals surface area contributed by atoms with E-state index in [0.29, 0.717) is 5.56 Å². The molecule has 0 aliphatic carbocycles. The number of carboxylic acids is 1. The molecule has 130 valence electrons. The van der Waals surface area contributed by atoms with E-state index >= 15 is 0 Å². The number of carbonyl (C=O) groups is 1. The lowest BCUT2D eigenvalue weighted by Crippen LogP contribution is -2.51. The van der Waals surface area contributed by atoms with Gasteiger partial charge in [-0.25, -0.2) is 4.79 Å². The highest BCUT2D eigenvalue weighted by Crippen LogP contribution is 2.43. The fraction of sp³-hybridized carbons (Fsp3) is 0.500. The molecule has 7 nitrogen and oxygen atoms in total. The smallest absolute Gasteiger partial charge is 0.335 e. The van der Waals surface area contributed by atoms with E-state index in [1.165, 1.54) is 17.8 Å². The van der Waals surface area contributed by atoms with Crippen LogP contribution in [0.2, 0.25) is 0 Å². The van der Waals surface area contributed by atoms with Crippen molar-refractivity contribution in [2.75, 3.05) is 20.7 Å². The van der Waals surface area contributed by atoms with Gasteiger partial charge in [0.1, 0.15) is 11.5 Å². The Morgan fingerprint density at radius 3 is 2.71 bits per heavy atom. The van der Waals surface area contributed by atoms with Gasteiger partial charge in [0.15, 0.2) is 5.17 Å². The van der Waals surface area contributed by atoms with Crippen molar-refractivity contribution in [1.82, 2.24) is 4.90 Å². The molecule has 1 aromatic rings. The molecule has 1 aromatic carbocycles. The molecule has 1 saturated heterocycles. The van der Waals surface area contributed by atoms with Gasteiger partial charge in [-0.1, -0.05) is 30.0 Å². The van der Waals surface area contributed by atoms with Crippen molar-refractivity contribution < 1.29 is 24.9 Å². The maximum absolute atomic E-state index is 11.5. The minimum Gasteiger partial charge on any atom is -0.478 e. The Bertz CT molecular complexity index is 666. The van der Waals surface area contributed by atoms with Crippen molar-refractivity contribution in [2.24, 2.45) is 4.99 Å². The number of thioether (sulfide) groups is 1. The number of ether oxygens (including phenoxy) is 1. The quantitative estimate of drug-likeness (QED) is 0.731. The van der Waals surface area contributed by atoms with Gasteiger partial charge in [-0.05, 0) is 11.6 Å². The third-order valence-electron chi connectivity index (χ3n) is 4.30. The first-order chi connectivity index (χ1) is 11.4. The van der Waals surface area contributed by atoms with Crippen LogP contribution in [0.5, 0.6) is 0 Å². The highest BCUT2D eigenvalue weighted by atomic mass is 32.2. The van der Waals surface area contributed by atoms with Crippen LogP contribution in [0, 0.1) is 0 Å². The average molecular weight is 352 g/mol. The minimum absolute atomic E-state index is 0.101. The van der Waals surface area contributed by atoms with Crippen molar-refractivity contribution in [3.05, 3.63) is 35.4 Å². The van der Waals surface area contributed by atoms with Crippen molar-refractivity contribution in [1.29, 1.82) is 0 Å². The lowest BCUT2D eigenvalue weighted by Gasteiger charge is -2.40. The van der Waals surface area contributed by atoms with Crippen LogP contribution in [0.3, 0.4) is 0 Å². The summed E-state index contributed by atoms with van der Waals surface area (Å²) >= 11 is 1.40. The fourth-order valence-electron chi connectivity index (χ4n) is 3.17. The molecule has 2 aliphatic heterocycles. The number of fused-ring (bicyclic) bond motifs is 1. The van der Waals surface area contributed by atoms with Crippen LogP contribution in [0.1, 0.15) is 21.8 Å². The third-order valence-corrected chi connectivity index (χ3v) is 5.60. The Morgan fingerprint density at radius 2 is 2.08 bits per heavy atom. The van der Waals surface area contributed by atoms with E-state index in [4.69, 9.17) is 4.74 Å². The van der Waals surface area contributed by atoms with E-state index < -0.39 is 30.1 Å². The number of hydrogen-bond acceptors (Lipinski definition) is 7. The lowest BCUT2D eigenvalue weighted by atomic mass is 9.81. The van der Waals surface area contributed by atoms with Gasteiger partial charge in [0.05, 0.1) is 24.4 Å². The summed E-state index contributed by atoms with van der Waals surface area (Å²) in [5.41, 5.74) is 0.167. The maximum Gasteiger partial charge on any atom is 0.335 e. The molecule has 3 rings (SSSR count). The zero-order valence-corrected chi connectivity index (χ0v) is 14.2. The number of hydrogen-bond donors (Lipinski definition) is 3. The number of aliphatic imine (C=N–C) groups is 1. The lowest BCUT2D eigenvalue weighted by molar-refractivity contribution is -0.105. The molecule has 1 fully saturated rings. The number of benzene rings is 1. The molecule has 0 saturated carbocycles. The highest BCUT2D eigenvalue weighted by molar-refractivity contribution is 8.14. The summed E-state index contributed by atoms with van der Waals surface area (Å²) in [6, 6.07) is 5.99. The molecule has 0 bridgehead atoms. The van der Waals surface area contributed by atoms with Gasteiger partial charge >= 0.3 is 5.97 Å². The maximum atomic E-state index is 11.5. The van der Waals surface area contributed by atoms with Gasteiger partial charge in [0.2, 0.25) is 0 Å². The monoisotopic (exact) mass is 352 g/mol. The second-order valence-electron chi connectivity index (χ2n) is 6.05. The van der Waals surface area contributed by atoms with Crippen LogP contribution in [0.15, 0.2) is 29.3 Å². The van der Waals surface area contributed by atoms with E-state index in [-0.39, 0.29) is 17.6 Å². The number of carboxylic acid groups (broad SMARTS) is 1. The molecule has 0 unspecified atom stereocenters. The van der Waals surface area contributed by atoms with Crippen LogP contribution >= 0.6 is 11.8 Å². The second kappa shape index (κ2) is 6.72. The molecule has 3 N–H and O–H groups in total. The molecule has 0 radical (unpaired) electrons. The summed E-state index contributed by atoms with van der Waals surface area (Å²) in [4.78, 5) is 17.9. The van der Waals surface area contributed by atoms with Gasteiger partial charge in [-0.3, -0.25) is 4.99 Å². The van der Waals surface area contributed by atoms with E-state index in [2.05, 4.69) is 4.99 Å². The van der Waals surface area contributed by atoms with Crippen LogP contribution in [-0.4, -0.2) is 75.7 Å². The first-order valence-corrected chi connectivity index (χ1v) is 8.50. The van der Waals surface area contributed by atoms with Crippen LogP contribution in [0.25, 0.3) is 0 Å². The van der Waals surface area contributed by atoms with Crippen molar-refractivity contribution >= 4 is 22.9 Å². The van der Waals surface area contributed by atoms with E-state index in [9.17, 15) is 20.1 Å². The Kier molecular flexibility index (Phi) is 4.82. The second-order valence-corrected chi connectivity index (χ2v) is 7.11. The van der Waals surface area contributed by atoms with Crippen LogP contribution < -0.4 is 0 Å². The topological polar surface area (TPSA) is 103 Å². The highest BCUT2D eigenvalue weighted by Gasteiger charge is 2.50. The first-order valence-electron chi connectivity index (χ1n) is 7.62. The number of nitrogens with zero attached hydrogens (tertiary/aromatic N) is 2. The minimum atomic E-state index is -1.07. The fourth-order valence-corrected chi connectivity index (χ4v) is 4.33. The van der Waals surface area contributed by atoms with Gasteiger partial charge in [0, 0.05) is 20.0 Å². The molecular formula is C16H20N2O5S. The van der Waals surface area contributed by atoms with Crippen molar-refractivity contribution in [3.63, 3.8) is 0 Å². The molecule has 0 spiro atoms. The van der Waals surface area contributed by atoms with Gasteiger partial charge < -0.3 is 25.0 Å². The molecular weight excluding hydrogens is 332 g/mol. The zero-order valence-electron chi connectivity index (χ0n) is 13.4. The van der Waals surface area contributed by atoms with Crippen LogP contribution in [0.4, 0.5) is 0 Å². The normalized spacial score (nSPS) is 32.2. The molecule has 24 heavy (non-hydrogen) atoms. The largest absolute Gasteiger partial charge is 0.478 e. The standard InChI is InChI=1S/C16H20N2O5S/c1-18(2)16-17-12-13(20)11(10(7-19)23-15(12)24-16)8-5-3-4-6-9(8)14(21)22/h3-6,10-13,15,19-20H,7H2,1-2H3,(H,21,22)/t10-,11+,12+,13+,15+/m0/s1. The third kappa shape index (κ3) is 2.90. The molecule has 0 aromatic heterocycles. The number of rotatable bonds is 3. The summed E-state index contributed by atoms with van der Waals surface area (Å²) in [5, 5.41) is 30.8. The zero-order chi connectivity index (χ0) is 17.4. The van der Waals surface area contributed by atoms with Gasteiger partial charge in [0.25, 0.3) is 0 Å². The number of aliphatic hydroxyl groups is 2. The summed E-state index contributed by atoms with van der Waals surface area (Å²) in [6.07, 6.45) is -1.63. The van der Waals surface area contributed by atoms with Gasteiger partial charge in [-0.15, -0.1) is 0 Å². The van der Waals surface area contributed by atoms with Gasteiger partial charge in [-0.2, -0.15) is 0 Å². The molecule has 2 heterocycles. The SMILES string of the molecule is CN(C)C1=N[C@@H]2[C@H](O)[C@H](c3ccccc3C(=O)O)[C@H](CO)O[C@@H]2S1. The Labute approximate surface area is 144 Å². The number of aromatic carboxylic acids is 1. The molecule has 5 atom stereocenters. The molecule has 2 aliphatic rings. The van der Waals surface area contributed by atoms with E-state index in [1.807, 2.05) is 19.0 Å². The van der Waals surface area contributed by atoms with Crippen molar-refractivity contribution in [3.8, 4) is 0 Å². The summed E-state index contributed by atoms with van der Waals surface area (Å²) in [7, 11) is 3.71. The average Bonchev–Trinajstić information content (AvgIpc) is 2.99. The number of amidine groups is 1.